The fraction of sp³-hybridized carbons (Fsp3) is 0.455. The SMILES string of the molecule is CCC(CO)NCc1c[nH]c2c(=O)[nH]cnc12. The smallest absolute Gasteiger partial charge is 0.275 e. The Morgan fingerprint density at radius 3 is 3.06 bits per heavy atom. The van der Waals surface area contributed by atoms with Crippen LogP contribution >= 0.6 is 0 Å². The fourth-order valence-corrected chi connectivity index (χ4v) is 1.73. The lowest BCUT2D eigenvalue weighted by Gasteiger charge is -2.12. The second-order valence-electron chi connectivity index (χ2n) is 3.94. The topological polar surface area (TPSA) is 93.8 Å². The molecule has 2 aromatic heterocycles. The molecule has 92 valence electrons. The van der Waals surface area contributed by atoms with Gasteiger partial charge in [0.2, 0.25) is 0 Å². The van der Waals surface area contributed by atoms with Crippen LogP contribution in [0.5, 0.6) is 0 Å². The number of aromatic nitrogens is 3. The average Bonchev–Trinajstić information content (AvgIpc) is 2.75. The predicted octanol–water partition coefficient (Wildman–Crippen LogP) is 0.112. The molecule has 0 radical (unpaired) electrons. The van der Waals surface area contributed by atoms with Crippen molar-refractivity contribution in [2.45, 2.75) is 25.9 Å². The number of aliphatic hydroxyl groups excluding tert-OH is 1. The van der Waals surface area contributed by atoms with Crippen molar-refractivity contribution in [3.8, 4) is 0 Å². The molecule has 1 atom stereocenters. The third-order valence-electron chi connectivity index (χ3n) is 2.84. The third kappa shape index (κ3) is 2.37. The largest absolute Gasteiger partial charge is 0.395 e. The van der Waals surface area contributed by atoms with Gasteiger partial charge >= 0.3 is 0 Å². The first-order valence-corrected chi connectivity index (χ1v) is 5.64. The minimum atomic E-state index is -0.171. The van der Waals surface area contributed by atoms with E-state index in [2.05, 4.69) is 20.3 Å². The fourth-order valence-electron chi connectivity index (χ4n) is 1.73. The van der Waals surface area contributed by atoms with Gasteiger partial charge in [0.1, 0.15) is 5.52 Å². The molecular formula is C11H16N4O2. The maximum absolute atomic E-state index is 11.5. The highest BCUT2D eigenvalue weighted by Gasteiger charge is 2.09. The van der Waals surface area contributed by atoms with Gasteiger partial charge in [0, 0.05) is 24.3 Å². The van der Waals surface area contributed by atoms with Crippen molar-refractivity contribution < 1.29 is 5.11 Å². The molecule has 0 spiro atoms. The minimum Gasteiger partial charge on any atom is -0.395 e. The molecule has 0 saturated heterocycles. The predicted molar refractivity (Wildman–Crippen MR) is 64.7 cm³/mol. The van der Waals surface area contributed by atoms with Crippen molar-refractivity contribution in [2.24, 2.45) is 0 Å². The highest BCUT2D eigenvalue weighted by Crippen LogP contribution is 2.11. The van der Waals surface area contributed by atoms with Crippen LogP contribution in [0.4, 0.5) is 0 Å². The zero-order valence-electron chi connectivity index (χ0n) is 9.66. The van der Waals surface area contributed by atoms with E-state index < -0.39 is 0 Å². The molecule has 17 heavy (non-hydrogen) atoms. The minimum absolute atomic E-state index is 0.0712. The summed E-state index contributed by atoms with van der Waals surface area (Å²) in [6.07, 6.45) is 4.02. The van der Waals surface area contributed by atoms with Crippen LogP contribution in [0.3, 0.4) is 0 Å². The monoisotopic (exact) mass is 236 g/mol. The summed E-state index contributed by atoms with van der Waals surface area (Å²) in [6.45, 7) is 2.69. The summed E-state index contributed by atoms with van der Waals surface area (Å²) in [6, 6.07) is 0.0712. The summed E-state index contributed by atoms with van der Waals surface area (Å²) in [5.74, 6) is 0. The Morgan fingerprint density at radius 2 is 2.35 bits per heavy atom. The quantitative estimate of drug-likeness (QED) is 0.593. The second-order valence-corrected chi connectivity index (χ2v) is 3.94. The van der Waals surface area contributed by atoms with Crippen LogP contribution in [0.1, 0.15) is 18.9 Å². The number of aliphatic hydroxyl groups is 1. The van der Waals surface area contributed by atoms with Gasteiger partial charge < -0.3 is 20.4 Å². The standard InChI is InChI=1S/C11H16N4O2/c1-2-8(5-16)12-3-7-4-13-10-9(7)14-6-15-11(10)17/h4,6,8,12-13,16H,2-3,5H2,1H3,(H,14,15,17). The molecule has 6 heteroatoms. The van der Waals surface area contributed by atoms with Gasteiger partial charge in [-0.1, -0.05) is 6.92 Å². The number of nitrogens with zero attached hydrogens (tertiary/aromatic N) is 1. The highest BCUT2D eigenvalue weighted by atomic mass is 16.3. The first-order chi connectivity index (χ1) is 8.26. The van der Waals surface area contributed by atoms with E-state index in [-0.39, 0.29) is 18.2 Å². The van der Waals surface area contributed by atoms with Crippen molar-refractivity contribution >= 4 is 11.0 Å². The Morgan fingerprint density at radius 1 is 1.53 bits per heavy atom. The van der Waals surface area contributed by atoms with Crippen LogP contribution in [0.25, 0.3) is 11.0 Å². The van der Waals surface area contributed by atoms with Gasteiger partial charge in [0.05, 0.1) is 18.5 Å². The molecule has 0 amide bonds. The van der Waals surface area contributed by atoms with E-state index in [1.165, 1.54) is 6.33 Å². The van der Waals surface area contributed by atoms with Crippen LogP contribution in [-0.4, -0.2) is 32.7 Å². The number of fused-ring (bicyclic) bond motifs is 1. The Balaban J connectivity index is 2.20. The number of hydrogen-bond acceptors (Lipinski definition) is 4. The van der Waals surface area contributed by atoms with Crippen molar-refractivity contribution in [3.05, 3.63) is 28.4 Å². The van der Waals surface area contributed by atoms with Crippen LogP contribution in [-0.2, 0) is 6.54 Å². The average molecular weight is 236 g/mol. The van der Waals surface area contributed by atoms with Gasteiger partial charge in [-0.25, -0.2) is 4.98 Å². The van der Waals surface area contributed by atoms with Crippen molar-refractivity contribution in [1.82, 2.24) is 20.3 Å². The highest BCUT2D eigenvalue weighted by molar-refractivity contribution is 5.77. The molecule has 2 heterocycles. The third-order valence-corrected chi connectivity index (χ3v) is 2.84. The first-order valence-electron chi connectivity index (χ1n) is 5.64. The summed E-state index contributed by atoms with van der Waals surface area (Å²) in [7, 11) is 0. The Labute approximate surface area is 98.1 Å². The van der Waals surface area contributed by atoms with E-state index in [1.807, 2.05) is 6.92 Å². The van der Waals surface area contributed by atoms with E-state index >= 15 is 0 Å². The molecule has 1 unspecified atom stereocenters. The number of nitrogens with one attached hydrogen (secondary N) is 3. The lowest BCUT2D eigenvalue weighted by atomic mass is 10.2. The summed E-state index contributed by atoms with van der Waals surface area (Å²) in [5.41, 5.74) is 1.92. The van der Waals surface area contributed by atoms with E-state index in [0.29, 0.717) is 17.6 Å². The van der Waals surface area contributed by atoms with Crippen LogP contribution < -0.4 is 10.9 Å². The zero-order valence-corrected chi connectivity index (χ0v) is 9.66. The van der Waals surface area contributed by atoms with Gasteiger partial charge in [-0.2, -0.15) is 0 Å². The second kappa shape index (κ2) is 5.11. The van der Waals surface area contributed by atoms with E-state index in [4.69, 9.17) is 5.11 Å². The molecule has 6 nitrogen and oxygen atoms in total. The van der Waals surface area contributed by atoms with E-state index in [0.717, 1.165) is 12.0 Å². The number of hydrogen-bond donors (Lipinski definition) is 4. The number of aromatic amines is 2. The maximum Gasteiger partial charge on any atom is 0.275 e. The normalized spacial score (nSPS) is 13.1. The molecule has 0 fully saturated rings. The van der Waals surface area contributed by atoms with Crippen molar-refractivity contribution in [3.63, 3.8) is 0 Å². The van der Waals surface area contributed by atoms with Gasteiger partial charge in [0.15, 0.2) is 0 Å². The van der Waals surface area contributed by atoms with Crippen LogP contribution in [0, 0.1) is 0 Å². The Hall–Kier alpha value is -1.66. The first kappa shape index (κ1) is 11.8. The van der Waals surface area contributed by atoms with Gasteiger partial charge in [-0.3, -0.25) is 4.79 Å². The van der Waals surface area contributed by atoms with Crippen LogP contribution in [0.2, 0.25) is 0 Å². The van der Waals surface area contributed by atoms with E-state index in [1.54, 1.807) is 6.20 Å². The lowest BCUT2D eigenvalue weighted by molar-refractivity contribution is 0.238. The van der Waals surface area contributed by atoms with Gasteiger partial charge in [-0.15, -0.1) is 0 Å². The van der Waals surface area contributed by atoms with Crippen molar-refractivity contribution in [1.29, 1.82) is 0 Å². The summed E-state index contributed by atoms with van der Waals surface area (Å²) >= 11 is 0. The molecule has 4 N–H and O–H groups in total. The maximum atomic E-state index is 11.5. The molecule has 0 aliphatic rings. The number of rotatable bonds is 5. The Kier molecular flexibility index (Phi) is 3.55. The summed E-state index contributed by atoms with van der Waals surface area (Å²) in [5, 5.41) is 12.3. The van der Waals surface area contributed by atoms with Crippen molar-refractivity contribution in [2.75, 3.05) is 6.61 Å². The molecule has 2 aromatic rings. The zero-order chi connectivity index (χ0) is 12.3. The van der Waals surface area contributed by atoms with Gasteiger partial charge in [0.25, 0.3) is 5.56 Å². The molecule has 0 saturated carbocycles. The summed E-state index contributed by atoms with van der Waals surface area (Å²) in [4.78, 5) is 21.0. The molecule has 0 bridgehead atoms. The molecule has 2 rings (SSSR count). The summed E-state index contributed by atoms with van der Waals surface area (Å²) < 4.78 is 0. The van der Waals surface area contributed by atoms with Gasteiger partial charge in [-0.05, 0) is 6.42 Å². The van der Waals surface area contributed by atoms with E-state index in [9.17, 15) is 4.79 Å². The Bertz CT molecular complexity index is 542. The van der Waals surface area contributed by atoms with Crippen LogP contribution in [0.15, 0.2) is 17.3 Å². The molecule has 0 aromatic carbocycles. The number of H-pyrrole nitrogens is 2. The molecule has 0 aliphatic heterocycles. The lowest BCUT2D eigenvalue weighted by Crippen LogP contribution is -2.31. The molecular weight excluding hydrogens is 220 g/mol. The molecule has 0 aliphatic carbocycles.